The van der Waals surface area contributed by atoms with Crippen molar-refractivity contribution in [3.05, 3.63) is 38.6 Å². The largest absolute Gasteiger partial charge is 0.477 e. The van der Waals surface area contributed by atoms with Crippen molar-refractivity contribution in [1.82, 2.24) is 4.98 Å². The zero-order valence-electron chi connectivity index (χ0n) is 15.8. The van der Waals surface area contributed by atoms with Gasteiger partial charge in [-0.05, 0) is 24.8 Å². The van der Waals surface area contributed by atoms with Crippen LogP contribution in [0.1, 0.15) is 41.1 Å². The van der Waals surface area contributed by atoms with Gasteiger partial charge in [0, 0.05) is 23.7 Å². The van der Waals surface area contributed by atoms with Crippen LogP contribution < -0.4 is 10.7 Å². The lowest BCUT2D eigenvalue weighted by Crippen LogP contribution is -2.17. The summed E-state index contributed by atoms with van der Waals surface area (Å²) in [6, 6.07) is 3.60. The van der Waals surface area contributed by atoms with Gasteiger partial charge in [-0.2, -0.15) is 5.26 Å². The summed E-state index contributed by atoms with van der Waals surface area (Å²) in [5, 5.41) is 21.7. The maximum absolute atomic E-state index is 12.6. The van der Waals surface area contributed by atoms with E-state index in [0.717, 1.165) is 18.4 Å². The fraction of sp³-hybridized carbons (Fsp3) is 0.450. The lowest BCUT2D eigenvalue weighted by molar-refractivity contribution is 0.0538. The summed E-state index contributed by atoms with van der Waals surface area (Å²) in [6.07, 6.45) is 3.55. The second-order valence-electron chi connectivity index (χ2n) is 6.74. The number of pyridine rings is 1. The van der Waals surface area contributed by atoms with E-state index < -0.39 is 11.4 Å². The molecule has 0 aliphatic heterocycles. The maximum atomic E-state index is 12.6. The van der Waals surface area contributed by atoms with Crippen LogP contribution in [0.5, 0.6) is 0 Å². The minimum absolute atomic E-state index is 0.264. The quantitative estimate of drug-likeness (QED) is 0.478. The molecule has 1 aliphatic rings. The average molecular weight is 420 g/mol. The molecule has 29 heavy (non-hydrogen) atoms. The number of H-pyrrole nitrogens is 1. The zero-order chi connectivity index (χ0) is 20.8. The van der Waals surface area contributed by atoms with E-state index in [0.29, 0.717) is 61.0 Å². The lowest BCUT2D eigenvalue weighted by atomic mass is 10.0. The molecule has 9 heteroatoms. The van der Waals surface area contributed by atoms with Crippen molar-refractivity contribution in [3.8, 4) is 6.07 Å². The number of nitrogens with zero attached hydrogens (tertiary/aromatic N) is 1. The van der Waals surface area contributed by atoms with Gasteiger partial charge in [0.05, 0.1) is 55.1 Å². The van der Waals surface area contributed by atoms with Crippen LogP contribution in [-0.2, 0) is 9.47 Å². The van der Waals surface area contributed by atoms with Gasteiger partial charge >= 0.3 is 5.97 Å². The van der Waals surface area contributed by atoms with Crippen LogP contribution in [0.25, 0.3) is 10.9 Å². The molecule has 0 saturated heterocycles. The molecule has 0 unspecified atom stereocenters. The van der Waals surface area contributed by atoms with Crippen molar-refractivity contribution >= 4 is 34.2 Å². The molecule has 154 valence electrons. The number of halogens is 1. The number of hydrogen-bond donors (Lipinski definition) is 3. The van der Waals surface area contributed by atoms with Crippen LogP contribution in [0.4, 0.5) is 5.69 Å². The number of aromatic carboxylic acids is 1. The van der Waals surface area contributed by atoms with E-state index in [1.807, 2.05) is 6.07 Å². The Morgan fingerprint density at radius 1 is 1.31 bits per heavy atom. The fourth-order valence-electron chi connectivity index (χ4n) is 3.11. The van der Waals surface area contributed by atoms with Crippen LogP contribution >= 0.6 is 11.6 Å². The van der Waals surface area contributed by atoms with Crippen molar-refractivity contribution in [2.45, 2.75) is 25.2 Å². The SMILES string of the molecule is N#CCCOCCOCCNc1cc2c(=O)c(C(=O)O)c[nH]c2c(C2CC2)c1Cl. The normalized spacial score (nSPS) is 13.4. The van der Waals surface area contributed by atoms with E-state index >= 15 is 0 Å². The van der Waals surface area contributed by atoms with Crippen LogP contribution in [0.3, 0.4) is 0 Å². The molecule has 1 aromatic heterocycles. The van der Waals surface area contributed by atoms with Gasteiger partial charge in [0.2, 0.25) is 5.43 Å². The first-order valence-corrected chi connectivity index (χ1v) is 9.79. The second-order valence-corrected chi connectivity index (χ2v) is 7.12. The van der Waals surface area contributed by atoms with E-state index in [9.17, 15) is 14.7 Å². The number of benzene rings is 1. The molecule has 0 amide bonds. The number of carbonyl (C=O) groups is 1. The van der Waals surface area contributed by atoms with Gasteiger partial charge in [-0.3, -0.25) is 4.79 Å². The molecular formula is C20H22ClN3O5. The van der Waals surface area contributed by atoms with Crippen LogP contribution in [0.15, 0.2) is 17.1 Å². The molecule has 0 atom stereocenters. The lowest BCUT2D eigenvalue weighted by Gasteiger charge is -2.15. The summed E-state index contributed by atoms with van der Waals surface area (Å²) in [7, 11) is 0. The molecule has 0 spiro atoms. The molecule has 2 aromatic rings. The van der Waals surface area contributed by atoms with Gasteiger partial charge in [-0.15, -0.1) is 0 Å². The number of nitrogens with one attached hydrogen (secondary N) is 2. The van der Waals surface area contributed by atoms with Crippen LogP contribution in [0.2, 0.25) is 5.02 Å². The summed E-state index contributed by atoms with van der Waals surface area (Å²) in [5.74, 6) is -1.00. The molecule has 3 rings (SSSR count). The minimum Gasteiger partial charge on any atom is -0.477 e. The van der Waals surface area contributed by atoms with Crippen molar-refractivity contribution in [3.63, 3.8) is 0 Å². The van der Waals surface area contributed by atoms with E-state index in [1.54, 1.807) is 6.07 Å². The molecule has 8 nitrogen and oxygen atoms in total. The van der Waals surface area contributed by atoms with Gasteiger partial charge in [0.1, 0.15) is 5.56 Å². The summed E-state index contributed by atoms with van der Waals surface area (Å²) >= 11 is 6.60. The van der Waals surface area contributed by atoms with E-state index in [1.165, 1.54) is 6.20 Å². The molecule has 1 aromatic carbocycles. The molecule has 1 saturated carbocycles. The highest BCUT2D eigenvalue weighted by Gasteiger charge is 2.30. The van der Waals surface area contributed by atoms with Gasteiger partial charge < -0.3 is 24.9 Å². The highest BCUT2D eigenvalue weighted by atomic mass is 35.5. The number of rotatable bonds is 11. The maximum Gasteiger partial charge on any atom is 0.341 e. The average Bonchev–Trinajstić information content (AvgIpc) is 3.52. The summed E-state index contributed by atoms with van der Waals surface area (Å²) in [4.78, 5) is 26.9. The third-order valence-electron chi connectivity index (χ3n) is 4.66. The predicted octanol–water partition coefficient (Wildman–Crippen LogP) is 3.12. The highest BCUT2D eigenvalue weighted by Crippen LogP contribution is 2.47. The van der Waals surface area contributed by atoms with Gasteiger partial charge in [0.15, 0.2) is 0 Å². The fourth-order valence-corrected chi connectivity index (χ4v) is 3.48. The third-order valence-corrected chi connectivity index (χ3v) is 5.07. The molecule has 1 aliphatic carbocycles. The molecule has 1 fully saturated rings. The molecule has 1 heterocycles. The predicted molar refractivity (Wildman–Crippen MR) is 109 cm³/mol. The number of ether oxygens (including phenoxy) is 2. The summed E-state index contributed by atoms with van der Waals surface area (Å²) in [6.45, 7) is 2.08. The minimum atomic E-state index is -1.27. The third kappa shape index (κ3) is 5.07. The molecule has 0 radical (unpaired) electrons. The number of carboxylic acid groups (broad SMARTS) is 1. The number of hydrogen-bond acceptors (Lipinski definition) is 6. The number of aromatic nitrogens is 1. The Hall–Kier alpha value is -2.60. The van der Waals surface area contributed by atoms with E-state index in [4.69, 9.17) is 26.3 Å². The van der Waals surface area contributed by atoms with Gasteiger partial charge in [0.25, 0.3) is 0 Å². The first kappa shape index (κ1) is 21.1. The smallest absolute Gasteiger partial charge is 0.341 e. The summed E-state index contributed by atoms with van der Waals surface area (Å²) in [5.41, 5.74) is 1.21. The first-order chi connectivity index (χ1) is 14.0. The Kier molecular flexibility index (Phi) is 7.09. The van der Waals surface area contributed by atoms with Crippen LogP contribution in [-0.4, -0.2) is 49.0 Å². The number of nitriles is 1. The highest BCUT2D eigenvalue weighted by molar-refractivity contribution is 6.35. The van der Waals surface area contributed by atoms with Crippen molar-refractivity contribution in [2.24, 2.45) is 0 Å². The second kappa shape index (κ2) is 9.74. The Labute approximate surface area is 172 Å². The number of anilines is 1. The Morgan fingerprint density at radius 3 is 2.69 bits per heavy atom. The molecule has 3 N–H and O–H groups in total. The van der Waals surface area contributed by atoms with Crippen molar-refractivity contribution < 1.29 is 19.4 Å². The number of fused-ring (bicyclic) bond motifs is 1. The van der Waals surface area contributed by atoms with Gasteiger partial charge in [-0.25, -0.2) is 4.79 Å². The molecular weight excluding hydrogens is 398 g/mol. The zero-order valence-corrected chi connectivity index (χ0v) is 16.6. The monoisotopic (exact) mass is 419 g/mol. The van der Waals surface area contributed by atoms with Crippen molar-refractivity contribution in [2.75, 3.05) is 38.3 Å². The van der Waals surface area contributed by atoms with Crippen molar-refractivity contribution in [1.29, 1.82) is 5.26 Å². The number of aromatic amines is 1. The Balaban J connectivity index is 1.70. The Bertz CT molecular complexity index is 994. The standard InChI is InChI=1S/C20H22ClN3O5/c21-17-15(23-5-7-29-9-8-28-6-1-4-22)10-13-18(16(17)12-2-3-12)24-11-14(19(13)25)20(26)27/h10-12,23H,1-3,5-9H2,(H,24,25)(H,26,27). The van der Waals surface area contributed by atoms with E-state index in [2.05, 4.69) is 10.3 Å². The summed E-state index contributed by atoms with van der Waals surface area (Å²) < 4.78 is 10.7. The first-order valence-electron chi connectivity index (χ1n) is 9.42. The van der Waals surface area contributed by atoms with Crippen LogP contribution in [0, 0.1) is 11.3 Å². The molecule has 0 bridgehead atoms. The van der Waals surface area contributed by atoms with Gasteiger partial charge in [-0.1, -0.05) is 11.6 Å². The Morgan fingerprint density at radius 2 is 2.03 bits per heavy atom. The van der Waals surface area contributed by atoms with E-state index in [-0.39, 0.29) is 11.5 Å². The number of carboxylic acids is 1. The topological polar surface area (TPSA) is 124 Å².